The Kier molecular flexibility index (Phi) is 5.46. The second kappa shape index (κ2) is 7.11. The van der Waals surface area contributed by atoms with E-state index in [-0.39, 0.29) is 11.9 Å². The number of halogens is 1. The summed E-state index contributed by atoms with van der Waals surface area (Å²) >= 11 is 3.55. The van der Waals surface area contributed by atoms with Crippen LogP contribution < -0.4 is 5.32 Å². The van der Waals surface area contributed by atoms with Gasteiger partial charge in [-0.15, -0.1) is 0 Å². The molecule has 3 nitrogen and oxygen atoms in total. The molecule has 4 heteroatoms. The number of likely N-dealkylation sites (tertiary alicyclic amines) is 1. The van der Waals surface area contributed by atoms with E-state index >= 15 is 0 Å². The third-order valence-electron chi connectivity index (χ3n) is 3.78. The van der Waals surface area contributed by atoms with Gasteiger partial charge in [-0.1, -0.05) is 18.9 Å². The Hall–Kier alpha value is -1.03. The van der Waals surface area contributed by atoms with Gasteiger partial charge in [-0.3, -0.25) is 4.79 Å². The lowest BCUT2D eigenvalue weighted by atomic mass is 10.2. The predicted molar refractivity (Wildman–Crippen MR) is 87.0 cm³/mol. The quantitative estimate of drug-likeness (QED) is 0.904. The Bertz CT molecular complexity index is 468. The molecular weight excluding hydrogens is 316 g/mol. The van der Waals surface area contributed by atoms with E-state index in [0.717, 1.165) is 36.1 Å². The number of carbonyl (C=O) groups is 1. The first-order chi connectivity index (χ1) is 9.58. The van der Waals surface area contributed by atoms with E-state index in [1.54, 1.807) is 0 Å². The number of amides is 1. The number of benzene rings is 1. The van der Waals surface area contributed by atoms with Crippen LogP contribution in [0.4, 0.5) is 5.69 Å². The number of hydrogen-bond donors (Lipinski definition) is 1. The molecule has 0 bridgehead atoms. The Morgan fingerprint density at radius 1 is 1.25 bits per heavy atom. The zero-order valence-electron chi connectivity index (χ0n) is 12.3. The number of rotatable bonds is 3. The van der Waals surface area contributed by atoms with Crippen molar-refractivity contribution in [3.05, 3.63) is 28.2 Å². The van der Waals surface area contributed by atoms with Crippen molar-refractivity contribution in [2.45, 2.75) is 45.6 Å². The summed E-state index contributed by atoms with van der Waals surface area (Å²) in [4.78, 5) is 14.5. The van der Waals surface area contributed by atoms with Crippen LogP contribution in [0.5, 0.6) is 0 Å². The second-order valence-electron chi connectivity index (χ2n) is 5.59. The molecule has 2 rings (SSSR count). The van der Waals surface area contributed by atoms with Gasteiger partial charge in [0, 0.05) is 23.2 Å². The maximum atomic E-state index is 12.5. The summed E-state index contributed by atoms with van der Waals surface area (Å²) in [5.41, 5.74) is 2.18. The summed E-state index contributed by atoms with van der Waals surface area (Å²) in [6.07, 6.45) is 4.75. The molecule has 1 atom stereocenters. The van der Waals surface area contributed by atoms with Crippen molar-refractivity contribution in [1.82, 2.24) is 4.90 Å². The third-order valence-corrected chi connectivity index (χ3v) is 4.44. The molecule has 1 saturated heterocycles. The third kappa shape index (κ3) is 3.98. The van der Waals surface area contributed by atoms with Crippen molar-refractivity contribution in [3.63, 3.8) is 0 Å². The molecular formula is C16H23BrN2O. The van der Waals surface area contributed by atoms with Gasteiger partial charge in [0.05, 0.1) is 0 Å². The fourth-order valence-electron chi connectivity index (χ4n) is 2.60. The Morgan fingerprint density at radius 3 is 2.50 bits per heavy atom. The van der Waals surface area contributed by atoms with Crippen LogP contribution in [0.3, 0.4) is 0 Å². The lowest BCUT2D eigenvalue weighted by molar-refractivity contribution is -0.131. The molecule has 1 aromatic rings. The smallest absolute Gasteiger partial charge is 0.244 e. The highest BCUT2D eigenvalue weighted by Crippen LogP contribution is 2.24. The summed E-state index contributed by atoms with van der Waals surface area (Å²) in [6.45, 7) is 5.81. The highest BCUT2D eigenvalue weighted by Gasteiger charge is 2.21. The summed E-state index contributed by atoms with van der Waals surface area (Å²) in [5, 5.41) is 3.32. The predicted octanol–water partition coefficient (Wildman–Crippen LogP) is 3.96. The lowest BCUT2D eigenvalue weighted by Gasteiger charge is -2.25. The van der Waals surface area contributed by atoms with Crippen molar-refractivity contribution < 1.29 is 4.79 Å². The maximum Gasteiger partial charge on any atom is 0.244 e. The van der Waals surface area contributed by atoms with E-state index in [1.165, 1.54) is 18.4 Å². The number of aryl methyl sites for hydroxylation is 1. The largest absolute Gasteiger partial charge is 0.373 e. The molecule has 1 fully saturated rings. The standard InChI is InChI=1S/C16H23BrN2O/c1-12-7-8-15(14(17)11-12)18-13(2)16(20)19-9-5-3-4-6-10-19/h7-8,11,13,18H,3-6,9-10H2,1-2H3. The van der Waals surface area contributed by atoms with Crippen LogP contribution in [0.2, 0.25) is 0 Å². The molecule has 1 aliphatic heterocycles. The van der Waals surface area contributed by atoms with Crippen LogP contribution in [0.25, 0.3) is 0 Å². The first-order valence-corrected chi connectivity index (χ1v) is 8.18. The number of carbonyl (C=O) groups excluding carboxylic acids is 1. The molecule has 0 radical (unpaired) electrons. The first-order valence-electron chi connectivity index (χ1n) is 7.39. The van der Waals surface area contributed by atoms with Crippen molar-refractivity contribution >= 4 is 27.5 Å². The zero-order valence-corrected chi connectivity index (χ0v) is 13.9. The number of hydrogen-bond acceptors (Lipinski definition) is 2. The van der Waals surface area contributed by atoms with E-state index in [9.17, 15) is 4.79 Å². The van der Waals surface area contributed by atoms with Gasteiger partial charge in [0.1, 0.15) is 6.04 Å². The molecule has 0 spiro atoms. The van der Waals surface area contributed by atoms with Crippen LogP contribution in [-0.2, 0) is 4.79 Å². The number of nitrogens with one attached hydrogen (secondary N) is 1. The van der Waals surface area contributed by atoms with Crippen LogP contribution in [0, 0.1) is 6.92 Å². The molecule has 20 heavy (non-hydrogen) atoms. The number of nitrogens with zero attached hydrogens (tertiary/aromatic N) is 1. The van der Waals surface area contributed by atoms with Crippen molar-refractivity contribution in [2.24, 2.45) is 0 Å². The molecule has 1 amide bonds. The fourth-order valence-corrected chi connectivity index (χ4v) is 3.20. The Balaban J connectivity index is 1.99. The molecule has 0 aromatic heterocycles. The Labute approximate surface area is 129 Å². The Morgan fingerprint density at radius 2 is 1.90 bits per heavy atom. The minimum Gasteiger partial charge on any atom is -0.373 e. The van der Waals surface area contributed by atoms with Crippen LogP contribution in [0.1, 0.15) is 38.2 Å². The summed E-state index contributed by atoms with van der Waals surface area (Å²) in [7, 11) is 0. The highest BCUT2D eigenvalue weighted by atomic mass is 79.9. The van der Waals surface area contributed by atoms with Crippen LogP contribution in [-0.4, -0.2) is 29.9 Å². The van der Waals surface area contributed by atoms with Crippen molar-refractivity contribution in [1.29, 1.82) is 0 Å². The fraction of sp³-hybridized carbons (Fsp3) is 0.562. The maximum absolute atomic E-state index is 12.5. The summed E-state index contributed by atoms with van der Waals surface area (Å²) < 4.78 is 1.01. The van der Waals surface area contributed by atoms with Crippen LogP contribution in [0.15, 0.2) is 22.7 Å². The monoisotopic (exact) mass is 338 g/mol. The first kappa shape index (κ1) is 15.4. The van der Waals surface area contributed by atoms with Gasteiger partial charge in [-0.25, -0.2) is 0 Å². The van der Waals surface area contributed by atoms with Crippen molar-refractivity contribution in [2.75, 3.05) is 18.4 Å². The average molecular weight is 339 g/mol. The van der Waals surface area contributed by atoms with Gasteiger partial charge < -0.3 is 10.2 Å². The minimum absolute atomic E-state index is 0.188. The number of anilines is 1. The molecule has 1 N–H and O–H groups in total. The minimum atomic E-state index is -0.188. The van der Waals surface area contributed by atoms with Gasteiger partial charge >= 0.3 is 0 Å². The molecule has 110 valence electrons. The van der Waals surface area contributed by atoms with Gasteiger partial charge in [-0.2, -0.15) is 0 Å². The molecule has 1 aromatic carbocycles. The van der Waals surface area contributed by atoms with E-state index in [2.05, 4.69) is 40.3 Å². The highest BCUT2D eigenvalue weighted by molar-refractivity contribution is 9.10. The molecule has 0 aliphatic carbocycles. The molecule has 1 aliphatic rings. The van der Waals surface area contributed by atoms with E-state index in [4.69, 9.17) is 0 Å². The van der Waals surface area contributed by atoms with Gasteiger partial charge in [0.2, 0.25) is 5.91 Å². The van der Waals surface area contributed by atoms with Gasteiger partial charge in [0.25, 0.3) is 0 Å². The second-order valence-corrected chi connectivity index (χ2v) is 6.44. The van der Waals surface area contributed by atoms with Gasteiger partial charge in [-0.05, 0) is 60.3 Å². The molecule has 1 heterocycles. The van der Waals surface area contributed by atoms with Crippen molar-refractivity contribution in [3.8, 4) is 0 Å². The zero-order chi connectivity index (χ0) is 14.5. The van der Waals surface area contributed by atoms with Crippen LogP contribution >= 0.6 is 15.9 Å². The summed E-state index contributed by atoms with van der Waals surface area (Å²) in [6, 6.07) is 5.94. The van der Waals surface area contributed by atoms with E-state index in [1.807, 2.05) is 17.9 Å². The van der Waals surface area contributed by atoms with E-state index in [0.29, 0.717) is 0 Å². The topological polar surface area (TPSA) is 32.3 Å². The van der Waals surface area contributed by atoms with Gasteiger partial charge in [0.15, 0.2) is 0 Å². The molecule has 0 saturated carbocycles. The van der Waals surface area contributed by atoms with E-state index < -0.39 is 0 Å². The normalized spacial score (nSPS) is 17.4. The average Bonchev–Trinajstić information content (AvgIpc) is 2.70. The lowest BCUT2D eigenvalue weighted by Crippen LogP contribution is -2.41. The summed E-state index contributed by atoms with van der Waals surface area (Å²) in [5.74, 6) is 0.208. The SMILES string of the molecule is Cc1ccc(NC(C)C(=O)N2CCCCCC2)c(Br)c1. The molecule has 1 unspecified atom stereocenters.